The second kappa shape index (κ2) is 7.60. The van der Waals surface area contributed by atoms with Gasteiger partial charge < -0.3 is 24.2 Å². The molecule has 0 bridgehead atoms. The van der Waals surface area contributed by atoms with E-state index in [4.69, 9.17) is 13.9 Å². The van der Waals surface area contributed by atoms with Crippen molar-refractivity contribution in [2.75, 3.05) is 14.2 Å². The van der Waals surface area contributed by atoms with E-state index in [1.165, 1.54) is 12.3 Å². The van der Waals surface area contributed by atoms with Crippen LogP contribution in [0.1, 0.15) is 15.9 Å². The highest BCUT2D eigenvalue weighted by molar-refractivity contribution is 5.94. The van der Waals surface area contributed by atoms with Crippen molar-refractivity contribution >= 4 is 5.91 Å². The van der Waals surface area contributed by atoms with E-state index in [2.05, 4.69) is 10.3 Å². The first-order chi connectivity index (χ1) is 12.6. The number of methoxy groups -OCH3 is 2. The Labute approximate surface area is 149 Å². The fraction of sp³-hybridized carbons (Fsp3) is 0.158. The summed E-state index contributed by atoms with van der Waals surface area (Å²) in [6.07, 6.45) is 1.51. The Morgan fingerprint density at radius 3 is 2.42 bits per heavy atom. The zero-order chi connectivity index (χ0) is 18.5. The summed E-state index contributed by atoms with van der Waals surface area (Å²) in [6.45, 7) is 0.228. The summed E-state index contributed by atoms with van der Waals surface area (Å²) in [6, 6.07) is 11.9. The maximum absolute atomic E-state index is 12.3. The van der Waals surface area contributed by atoms with Gasteiger partial charge in [0, 0.05) is 12.6 Å². The topological polar surface area (TPSA) is 93.6 Å². The minimum Gasteiger partial charge on any atom is -0.497 e. The molecule has 0 radical (unpaired) electrons. The Morgan fingerprint density at radius 2 is 1.85 bits per heavy atom. The molecule has 2 N–H and O–H groups in total. The molecule has 0 unspecified atom stereocenters. The van der Waals surface area contributed by atoms with Crippen LogP contribution in [0.25, 0.3) is 11.5 Å². The summed E-state index contributed by atoms with van der Waals surface area (Å²) in [5.74, 6) is 1.29. The van der Waals surface area contributed by atoms with E-state index < -0.39 is 11.5 Å². The smallest absolute Gasteiger partial charge is 0.261 e. The van der Waals surface area contributed by atoms with Gasteiger partial charge in [-0.15, -0.1) is 0 Å². The number of aromatic nitrogens is 1. The van der Waals surface area contributed by atoms with Crippen molar-refractivity contribution in [2.24, 2.45) is 0 Å². The lowest BCUT2D eigenvalue weighted by Gasteiger charge is -2.09. The van der Waals surface area contributed by atoms with Crippen LogP contribution >= 0.6 is 0 Å². The fourth-order valence-corrected chi connectivity index (χ4v) is 2.47. The highest BCUT2D eigenvalue weighted by Gasteiger charge is 2.12. The van der Waals surface area contributed by atoms with Gasteiger partial charge in [-0.1, -0.05) is 0 Å². The average molecular weight is 354 g/mol. The van der Waals surface area contributed by atoms with Crippen molar-refractivity contribution in [3.63, 3.8) is 0 Å². The van der Waals surface area contributed by atoms with Crippen LogP contribution in [0.5, 0.6) is 11.5 Å². The van der Waals surface area contributed by atoms with Crippen LogP contribution in [0.4, 0.5) is 0 Å². The maximum atomic E-state index is 12.3. The van der Waals surface area contributed by atoms with Gasteiger partial charge in [0.25, 0.3) is 11.5 Å². The Balaban J connectivity index is 1.73. The summed E-state index contributed by atoms with van der Waals surface area (Å²) < 4.78 is 15.6. The molecule has 3 rings (SSSR count). The van der Waals surface area contributed by atoms with Gasteiger partial charge in [-0.05, 0) is 42.0 Å². The van der Waals surface area contributed by atoms with E-state index in [9.17, 15) is 9.59 Å². The average Bonchev–Trinajstić information content (AvgIpc) is 3.20. The van der Waals surface area contributed by atoms with Gasteiger partial charge in [0.1, 0.15) is 22.8 Å². The normalized spacial score (nSPS) is 10.4. The maximum Gasteiger partial charge on any atom is 0.261 e. The number of ether oxygens (including phenoxy) is 2. The molecule has 0 aliphatic rings. The third-order valence-electron chi connectivity index (χ3n) is 3.81. The number of hydrogen-bond donors (Lipinski definition) is 2. The van der Waals surface area contributed by atoms with Gasteiger partial charge in [0.2, 0.25) is 0 Å². The van der Waals surface area contributed by atoms with Gasteiger partial charge in [-0.2, -0.15) is 0 Å². The van der Waals surface area contributed by atoms with Crippen molar-refractivity contribution in [2.45, 2.75) is 6.54 Å². The summed E-state index contributed by atoms with van der Waals surface area (Å²) in [5.41, 5.74) is 0.835. The molecule has 0 aliphatic carbocycles. The Bertz CT molecular complexity index is 938. The first kappa shape index (κ1) is 17.3. The monoisotopic (exact) mass is 354 g/mol. The third-order valence-corrected chi connectivity index (χ3v) is 3.81. The number of aromatic amines is 1. The van der Waals surface area contributed by atoms with E-state index in [0.29, 0.717) is 23.0 Å². The van der Waals surface area contributed by atoms with Crippen molar-refractivity contribution in [3.8, 4) is 23.0 Å². The number of H-pyrrole nitrogens is 1. The lowest BCUT2D eigenvalue weighted by Crippen LogP contribution is -2.29. The number of rotatable bonds is 6. The Hall–Kier alpha value is -3.48. The molecule has 0 spiro atoms. The summed E-state index contributed by atoms with van der Waals surface area (Å²) in [7, 11) is 3.11. The molecule has 0 fully saturated rings. The minimum absolute atomic E-state index is 0.0233. The number of carbonyl (C=O) groups excluding carboxylic acids is 1. The predicted molar refractivity (Wildman–Crippen MR) is 95.5 cm³/mol. The molecule has 2 aromatic heterocycles. The number of benzene rings is 1. The van der Waals surface area contributed by atoms with Crippen molar-refractivity contribution in [1.29, 1.82) is 0 Å². The number of pyridine rings is 1. The highest BCUT2D eigenvalue weighted by atomic mass is 16.5. The molecular formula is C19H18N2O5. The molecule has 134 valence electrons. The Kier molecular flexibility index (Phi) is 5.07. The van der Waals surface area contributed by atoms with Crippen LogP contribution in [-0.2, 0) is 6.54 Å². The van der Waals surface area contributed by atoms with E-state index in [1.807, 2.05) is 0 Å². The largest absolute Gasteiger partial charge is 0.497 e. The second-order valence-electron chi connectivity index (χ2n) is 5.50. The second-order valence-corrected chi connectivity index (χ2v) is 5.50. The number of furan rings is 1. The van der Waals surface area contributed by atoms with E-state index in [-0.39, 0.29) is 12.1 Å². The van der Waals surface area contributed by atoms with Crippen LogP contribution in [0.15, 0.2) is 57.9 Å². The van der Waals surface area contributed by atoms with Crippen LogP contribution in [0, 0.1) is 0 Å². The molecule has 7 heteroatoms. The number of nitrogens with one attached hydrogen (secondary N) is 2. The molecule has 26 heavy (non-hydrogen) atoms. The molecule has 0 aliphatic heterocycles. The van der Waals surface area contributed by atoms with E-state index >= 15 is 0 Å². The first-order valence-electron chi connectivity index (χ1n) is 7.88. The van der Waals surface area contributed by atoms with E-state index in [0.717, 1.165) is 5.56 Å². The summed E-state index contributed by atoms with van der Waals surface area (Å²) in [5, 5.41) is 2.72. The summed E-state index contributed by atoms with van der Waals surface area (Å²) >= 11 is 0. The van der Waals surface area contributed by atoms with Crippen LogP contribution in [0.3, 0.4) is 0 Å². The highest BCUT2D eigenvalue weighted by Crippen LogP contribution is 2.22. The molecule has 0 saturated carbocycles. The molecular weight excluding hydrogens is 336 g/mol. The van der Waals surface area contributed by atoms with Gasteiger partial charge in [-0.3, -0.25) is 9.59 Å². The number of hydrogen-bond acceptors (Lipinski definition) is 5. The van der Waals surface area contributed by atoms with Gasteiger partial charge in [-0.25, -0.2) is 0 Å². The van der Waals surface area contributed by atoms with Gasteiger partial charge in [0.15, 0.2) is 0 Å². The van der Waals surface area contributed by atoms with Gasteiger partial charge >= 0.3 is 0 Å². The van der Waals surface area contributed by atoms with Crippen molar-refractivity contribution in [3.05, 3.63) is 70.2 Å². The zero-order valence-corrected chi connectivity index (χ0v) is 14.4. The SMILES string of the molecule is COc1cc(CNC(=O)c2ccc(-c3ccco3)[nH]c2=O)cc(OC)c1. The predicted octanol–water partition coefficient (Wildman–Crippen LogP) is 2.58. The van der Waals surface area contributed by atoms with Crippen LogP contribution < -0.4 is 20.3 Å². The molecule has 1 aromatic carbocycles. The first-order valence-corrected chi connectivity index (χ1v) is 7.88. The van der Waals surface area contributed by atoms with Crippen molar-refractivity contribution in [1.82, 2.24) is 10.3 Å². The lowest BCUT2D eigenvalue weighted by atomic mass is 10.1. The fourth-order valence-electron chi connectivity index (χ4n) is 2.47. The molecule has 3 aromatic rings. The lowest BCUT2D eigenvalue weighted by molar-refractivity contribution is 0.0949. The van der Waals surface area contributed by atoms with Crippen LogP contribution in [-0.4, -0.2) is 25.1 Å². The number of amides is 1. The minimum atomic E-state index is -0.486. The van der Waals surface area contributed by atoms with Crippen molar-refractivity contribution < 1.29 is 18.7 Å². The van der Waals surface area contributed by atoms with Crippen LogP contribution in [0.2, 0.25) is 0 Å². The quantitative estimate of drug-likeness (QED) is 0.710. The summed E-state index contributed by atoms with van der Waals surface area (Å²) in [4.78, 5) is 27.2. The molecule has 2 heterocycles. The van der Waals surface area contributed by atoms with E-state index in [1.54, 1.807) is 50.6 Å². The van der Waals surface area contributed by atoms with Gasteiger partial charge in [0.05, 0.1) is 26.2 Å². The molecule has 0 atom stereocenters. The molecule has 1 amide bonds. The number of carbonyl (C=O) groups is 1. The standard InChI is InChI=1S/C19H18N2O5/c1-24-13-8-12(9-14(10-13)25-2)11-20-18(22)15-5-6-16(21-19(15)23)17-4-3-7-26-17/h3-10H,11H2,1-2H3,(H,20,22)(H,21,23). The Morgan fingerprint density at radius 1 is 1.12 bits per heavy atom. The third kappa shape index (κ3) is 3.77. The molecule has 7 nitrogen and oxygen atoms in total. The zero-order valence-electron chi connectivity index (χ0n) is 14.4. The molecule has 0 saturated heterocycles.